The molecular weight excluding hydrogens is 464 g/mol. The van der Waals surface area contributed by atoms with Crippen molar-refractivity contribution >= 4 is 53.4 Å². The van der Waals surface area contributed by atoms with Gasteiger partial charge in [0, 0.05) is 34.6 Å². The molecule has 32 heavy (non-hydrogen) atoms. The van der Waals surface area contributed by atoms with Crippen molar-refractivity contribution in [1.29, 1.82) is 0 Å². The summed E-state index contributed by atoms with van der Waals surface area (Å²) in [6.45, 7) is 8.95. The number of thioether (sulfide) groups is 2. The first kappa shape index (κ1) is 30.0. The number of esters is 5. The molecule has 0 aromatic carbocycles. The lowest BCUT2D eigenvalue weighted by molar-refractivity contribution is -0.191. The molecule has 0 bridgehead atoms. The molecule has 12 heteroatoms. The van der Waals surface area contributed by atoms with Crippen molar-refractivity contribution in [2.24, 2.45) is 0 Å². The van der Waals surface area contributed by atoms with Crippen molar-refractivity contribution in [2.45, 2.75) is 70.9 Å². The number of hydrogen-bond donors (Lipinski definition) is 0. The molecule has 0 rings (SSSR count). The first-order valence-corrected chi connectivity index (χ1v) is 11.9. The number of hydrogen-bond acceptors (Lipinski definition) is 12. The Morgan fingerprint density at radius 1 is 0.688 bits per heavy atom. The van der Waals surface area contributed by atoms with Gasteiger partial charge in [0.05, 0.1) is 0 Å². The Balaban J connectivity index is 6.63. The zero-order valence-electron chi connectivity index (χ0n) is 19.5. The molecular formula is C20H32O10S2. The van der Waals surface area contributed by atoms with Crippen LogP contribution in [-0.2, 0) is 47.7 Å². The fourth-order valence-corrected chi connectivity index (χ4v) is 5.78. The summed E-state index contributed by atoms with van der Waals surface area (Å²) in [5, 5.41) is 0. The molecule has 0 saturated heterocycles. The Kier molecular flexibility index (Phi) is 14.1. The third kappa shape index (κ3) is 11.1. The maximum atomic E-state index is 12.1. The molecule has 0 heterocycles. The van der Waals surface area contributed by atoms with Gasteiger partial charge in [0.25, 0.3) is 0 Å². The average molecular weight is 497 g/mol. The summed E-state index contributed by atoms with van der Waals surface area (Å²) in [6.07, 6.45) is -3.86. The average Bonchev–Trinajstić information content (AvgIpc) is 2.65. The Morgan fingerprint density at radius 3 is 1.53 bits per heavy atom. The van der Waals surface area contributed by atoms with E-state index < -0.39 is 58.8 Å². The van der Waals surface area contributed by atoms with Gasteiger partial charge in [0.1, 0.15) is 17.3 Å². The number of ether oxygens (including phenoxy) is 5. The van der Waals surface area contributed by atoms with E-state index in [9.17, 15) is 24.0 Å². The van der Waals surface area contributed by atoms with E-state index >= 15 is 0 Å². The molecule has 0 N–H and O–H groups in total. The van der Waals surface area contributed by atoms with Crippen molar-refractivity contribution < 1.29 is 47.7 Å². The van der Waals surface area contributed by atoms with Crippen LogP contribution in [0, 0.1) is 0 Å². The number of carbonyl (C=O) groups excluding carboxylic acids is 5. The minimum atomic E-state index is -1.35. The second-order valence-corrected chi connectivity index (χ2v) is 9.96. The van der Waals surface area contributed by atoms with Gasteiger partial charge in [-0.25, -0.2) is 0 Å². The van der Waals surface area contributed by atoms with Crippen LogP contribution in [0.5, 0.6) is 0 Å². The molecule has 0 aliphatic heterocycles. The molecule has 0 aromatic rings. The van der Waals surface area contributed by atoms with Gasteiger partial charge in [-0.3, -0.25) is 24.0 Å². The topological polar surface area (TPSA) is 132 Å². The summed E-state index contributed by atoms with van der Waals surface area (Å²) < 4.78 is 25.5. The van der Waals surface area contributed by atoms with Crippen LogP contribution in [-0.4, -0.2) is 77.0 Å². The largest absolute Gasteiger partial charge is 0.463 e. The molecule has 184 valence electrons. The smallest absolute Gasteiger partial charge is 0.303 e. The summed E-state index contributed by atoms with van der Waals surface area (Å²) in [7, 11) is 0. The van der Waals surface area contributed by atoms with E-state index in [1.165, 1.54) is 44.3 Å². The van der Waals surface area contributed by atoms with Crippen LogP contribution < -0.4 is 0 Å². The van der Waals surface area contributed by atoms with Crippen LogP contribution in [0.25, 0.3) is 0 Å². The van der Waals surface area contributed by atoms with Gasteiger partial charge >= 0.3 is 29.8 Å². The highest BCUT2D eigenvalue weighted by atomic mass is 32.2. The molecule has 0 aliphatic rings. The van der Waals surface area contributed by atoms with Crippen LogP contribution in [0.4, 0.5) is 0 Å². The highest BCUT2D eigenvalue weighted by Crippen LogP contribution is 2.44. The Morgan fingerprint density at radius 2 is 1.16 bits per heavy atom. The Bertz CT molecular complexity index is 661. The summed E-state index contributed by atoms with van der Waals surface area (Å²) in [5.74, 6) is -2.30. The first-order valence-electron chi connectivity index (χ1n) is 9.94. The molecule has 0 amide bonds. The third-order valence-electron chi connectivity index (χ3n) is 3.72. The maximum absolute atomic E-state index is 12.1. The van der Waals surface area contributed by atoms with E-state index in [4.69, 9.17) is 23.7 Å². The highest BCUT2D eigenvalue weighted by Gasteiger charge is 2.52. The van der Waals surface area contributed by atoms with Gasteiger partial charge in [-0.05, 0) is 11.5 Å². The third-order valence-corrected chi connectivity index (χ3v) is 6.68. The van der Waals surface area contributed by atoms with Crippen LogP contribution in [0.2, 0.25) is 0 Å². The van der Waals surface area contributed by atoms with Crippen molar-refractivity contribution in [3.05, 3.63) is 0 Å². The molecule has 0 fully saturated rings. The van der Waals surface area contributed by atoms with Gasteiger partial charge in [0.15, 0.2) is 18.3 Å². The minimum absolute atomic E-state index is 0.185. The monoisotopic (exact) mass is 496 g/mol. The predicted octanol–water partition coefficient (Wildman–Crippen LogP) is 2.11. The molecule has 0 aromatic heterocycles. The van der Waals surface area contributed by atoms with Crippen molar-refractivity contribution in [3.8, 4) is 0 Å². The van der Waals surface area contributed by atoms with Gasteiger partial charge < -0.3 is 23.7 Å². The van der Waals surface area contributed by atoms with Crippen LogP contribution in [0.15, 0.2) is 0 Å². The van der Waals surface area contributed by atoms with Crippen molar-refractivity contribution in [2.75, 3.05) is 24.7 Å². The standard InChI is InChI=1S/C20H32O10S2/c1-8-31-20(32-9-2,11-27-13(4)22)19(30-16(7)25)18(29-15(6)24)17(28-14(5)23)10-26-12(3)21/h17-19H,8-11H2,1-7H3. The Hall–Kier alpha value is -1.95. The molecule has 0 radical (unpaired) electrons. The summed E-state index contributed by atoms with van der Waals surface area (Å²) in [6, 6.07) is 0. The van der Waals surface area contributed by atoms with Crippen LogP contribution in [0.3, 0.4) is 0 Å². The van der Waals surface area contributed by atoms with Crippen LogP contribution in [0.1, 0.15) is 48.5 Å². The summed E-state index contributed by atoms with van der Waals surface area (Å²) in [5.41, 5.74) is 0. The quantitative estimate of drug-likeness (QED) is 0.198. The lowest BCUT2D eigenvalue weighted by Crippen LogP contribution is -2.57. The Labute approximate surface area is 196 Å². The minimum Gasteiger partial charge on any atom is -0.463 e. The number of rotatable bonds is 14. The van der Waals surface area contributed by atoms with Gasteiger partial charge in [-0.1, -0.05) is 13.8 Å². The summed E-state index contributed by atoms with van der Waals surface area (Å²) in [4.78, 5) is 58.8. The predicted molar refractivity (Wildman–Crippen MR) is 119 cm³/mol. The van der Waals surface area contributed by atoms with Crippen LogP contribution >= 0.6 is 23.5 Å². The highest BCUT2D eigenvalue weighted by molar-refractivity contribution is 8.18. The first-order chi connectivity index (χ1) is 14.9. The van der Waals surface area contributed by atoms with Crippen molar-refractivity contribution in [3.63, 3.8) is 0 Å². The van der Waals surface area contributed by atoms with Crippen molar-refractivity contribution in [1.82, 2.24) is 0 Å². The van der Waals surface area contributed by atoms with E-state index in [0.717, 1.165) is 13.8 Å². The van der Waals surface area contributed by atoms with Gasteiger partial charge in [0.2, 0.25) is 0 Å². The molecule has 3 atom stereocenters. The summed E-state index contributed by atoms with van der Waals surface area (Å²) >= 11 is 2.65. The van der Waals surface area contributed by atoms with E-state index in [-0.39, 0.29) is 6.61 Å². The van der Waals surface area contributed by atoms with E-state index in [0.29, 0.717) is 11.5 Å². The molecule has 0 spiro atoms. The lowest BCUT2D eigenvalue weighted by atomic mass is 10.0. The van der Waals surface area contributed by atoms with Gasteiger partial charge in [-0.15, -0.1) is 23.5 Å². The normalized spacial score (nSPS) is 13.8. The molecule has 0 aliphatic carbocycles. The number of carbonyl (C=O) groups is 5. The molecule has 3 unspecified atom stereocenters. The fourth-order valence-electron chi connectivity index (χ4n) is 2.78. The van der Waals surface area contributed by atoms with E-state index in [2.05, 4.69) is 0 Å². The maximum Gasteiger partial charge on any atom is 0.303 e. The van der Waals surface area contributed by atoms with Gasteiger partial charge in [-0.2, -0.15) is 0 Å². The molecule has 10 nitrogen and oxygen atoms in total. The fraction of sp³-hybridized carbons (Fsp3) is 0.750. The second kappa shape index (κ2) is 15.0. The van der Waals surface area contributed by atoms with E-state index in [1.54, 1.807) is 0 Å². The second-order valence-electron chi connectivity index (χ2n) is 6.51. The molecule has 0 saturated carbocycles. The zero-order valence-corrected chi connectivity index (χ0v) is 21.1. The lowest BCUT2D eigenvalue weighted by Gasteiger charge is -2.42. The SMILES string of the molecule is CCSC(COC(C)=O)(SCC)C(OC(C)=O)C(OC(C)=O)C(COC(C)=O)OC(C)=O. The zero-order chi connectivity index (χ0) is 24.9. The van der Waals surface area contributed by atoms with E-state index in [1.807, 2.05) is 13.8 Å².